The van der Waals surface area contributed by atoms with Crippen LogP contribution in [0.5, 0.6) is 0 Å². The second-order valence-electron chi connectivity index (χ2n) is 2.47. The summed E-state index contributed by atoms with van der Waals surface area (Å²) in [5.41, 5.74) is 2.00. The summed E-state index contributed by atoms with van der Waals surface area (Å²) >= 11 is 0. The van der Waals surface area contributed by atoms with E-state index in [1.165, 1.54) is 0 Å². The molecule has 0 radical (unpaired) electrons. The highest BCUT2D eigenvalue weighted by molar-refractivity contribution is 6.61. The molecule has 0 saturated heterocycles. The summed E-state index contributed by atoms with van der Waals surface area (Å²) < 4.78 is 4.98. The van der Waals surface area contributed by atoms with Crippen molar-refractivity contribution >= 4 is 19.1 Å². The van der Waals surface area contributed by atoms with Gasteiger partial charge in [-0.2, -0.15) is 0 Å². The first-order valence-electron chi connectivity index (χ1n) is 3.75. The first kappa shape index (κ1) is 9.76. The van der Waals surface area contributed by atoms with Gasteiger partial charge in [-0.3, -0.25) is 4.79 Å². The zero-order valence-corrected chi connectivity index (χ0v) is 6.88. The molecule has 0 aromatic heterocycles. The first-order chi connectivity index (χ1) is 6.29. The van der Waals surface area contributed by atoms with Crippen LogP contribution in [-0.2, 0) is 16.1 Å². The summed E-state index contributed by atoms with van der Waals surface area (Å²) in [5.74, 6) is 0. The van der Waals surface area contributed by atoms with E-state index >= 15 is 0 Å². The maximum Gasteiger partial charge on any atom is 0.491 e. The molecule has 1 aliphatic heterocycles. The zero-order chi connectivity index (χ0) is 9.68. The fourth-order valence-electron chi connectivity index (χ4n) is 1.17. The summed E-state index contributed by atoms with van der Waals surface area (Å²) in [4.78, 5) is 8.36. The van der Waals surface area contributed by atoms with Gasteiger partial charge >= 0.3 is 7.12 Å². The fourth-order valence-corrected chi connectivity index (χ4v) is 1.17. The molecule has 5 heteroatoms. The maximum absolute atomic E-state index is 9.16. The monoisotopic (exact) mass is 180 g/mol. The van der Waals surface area contributed by atoms with Crippen molar-refractivity contribution in [2.45, 2.75) is 6.61 Å². The Kier molecular flexibility index (Phi) is 3.48. The van der Waals surface area contributed by atoms with Crippen molar-refractivity contribution in [3.63, 3.8) is 0 Å². The lowest BCUT2D eigenvalue weighted by molar-refractivity contribution is -0.122. The van der Waals surface area contributed by atoms with E-state index in [9.17, 15) is 0 Å². The van der Waals surface area contributed by atoms with Crippen LogP contribution in [0.15, 0.2) is 24.3 Å². The maximum atomic E-state index is 9.16. The van der Waals surface area contributed by atoms with Crippen LogP contribution >= 0.6 is 0 Å². The van der Waals surface area contributed by atoms with Crippen molar-refractivity contribution in [3.8, 4) is 0 Å². The molecule has 0 spiro atoms. The van der Waals surface area contributed by atoms with Crippen LogP contribution in [0.3, 0.4) is 0 Å². The van der Waals surface area contributed by atoms with Gasteiger partial charge in [-0.05, 0) is 11.0 Å². The van der Waals surface area contributed by atoms with Gasteiger partial charge < -0.3 is 14.8 Å². The second kappa shape index (κ2) is 4.64. The lowest BCUT2D eigenvalue weighted by Crippen LogP contribution is -2.27. The Hall–Kier alpha value is -1.33. The molecule has 0 atom stereocenters. The van der Waals surface area contributed by atoms with Crippen molar-refractivity contribution < 1.29 is 19.6 Å². The van der Waals surface area contributed by atoms with Gasteiger partial charge in [0.1, 0.15) is 0 Å². The van der Waals surface area contributed by atoms with Gasteiger partial charge in [0, 0.05) is 0 Å². The molecule has 1 aliphatic rings. The molecule has 1 aromatic carbocycles. The highest BCUT2D eigenvalue weighted by Crippen LogP contribution is 2.07. The predicted octanol–water partition coefficient (Wildman–Crippen LogP) is -0.395. The van der Waals surface area contributed by atoms with Crippen LogP contribution in [0.25, 0.3) is 0 Å². The van der Waals surface area contributed by atoms with Crippen LogP contribution in [0.4, 0.5) is 0 Å². The molecule has 0 aliphatic carbocycles. The first-order valence-corrected chi connectivity index (χ1v) is 3.75. The molecular weight excluding hydrogens is 171 g/mol. The summed E-state index contributed by atoms with van der Waals surface area (Å²) in [7, 11) is -0.698. The van der Waals surface area contributed by atoms with Crippen molar-refractivity contribution in [1.29, 1.82) is 0 Å². The molecule has 1 aromatic rings. The highest BCUT2D eigenvalue weighted by Gasteiger charge is 2.25. The predicted molar refractivity (Wildman–Crippen MR) is 47.5 cm³/mol. The van der Waals surface area contributed by atoms with Crippen molar-refractivity contribution in [1.82, 2.24) is 0 Å². The molecule has 0 fully saturated rings. The minimum Gasteiger partial charge on any atom is -0.483 e. The third-order valence-electron chi connectivity index (χ3n) is 1.72. The Morgan fingerprint density at radius 3 is 2.69 bits per heavy atom. The average Bonchev–Trinajstić information content (AvgIpc) is 2.50. The second-order valence-corrected chi connectivity index (χ2v) is 2.47. The van der Waals surface area contributed by atoms with Gasteiger partial charge in [-0.25, -0.2) is 0 Å². The smallest absolute Gasteiger partial charge is 0.483 e. The minimum absolute atomic E-state index is 0.250. The van der Waals surface area contributed by atoms with E-state index in [-0.39, 0.29) is 6.47 Å². The van der Waals surface area contributed by atoms with Crippen LogP contribution in [0.2, 0.25) is 0 Å². The lowest BCUT2D eigenvalue weighted by atomic mass is 9.80. The Morgan fingerprint density at radius 1 is 1.46 bits per heavy atom. The highest BCUT2D eigenvalue weighted by atomic mass is 16.5. The number of hydrogen-bond acceptors (Lipinski definition) is 3. The Labute approximate surface area is 75.9 Å². The average molecular weight is 180 g/mol. The number of benzene rings is 1. The Morgan fingerprint density at radius 2 is 2.08 bits per heavy atom. The zero-order valence-electron chi connectivity index (χ0n) is 6.88. The van der Waals surface area contributed by atoms with Crippen LogP contribution < -0.4 is 5.46 Å². The van der Waals surface area contributed by atoms with Crippen LogP contribution in [0, 0.1) is 0 Å². The van der Waals surface area contributed by atoms with E-state index in [2.05, 4.69) is 0 Å². The molecule has 1 heterocycles. The molecule has 0 unspecified atom stereocenters. The van der Waals surface area contributed by atoms with E-state index in [4.69, 9.17) is 19.6 Å². The fraction of sp³-hybridized carbons (Fsp3) is 0.125. The summed E-state index contributed by atoms with van der Waals surface area (Å²) in [6.45, 7) is 0.289. The standard InChI is InChI=1S/C7H7BO2.CH2O2/c9-8-7-4-2-1-3-6(7)5-10-8;2-1-3/h1-4,9H,5H2;1H,(H,2,3). The SMILES string of the molecule is O=CO.OB1OCc2ccccc21. The minimum atomic E-state index is -0.698. The number of fused-ring (bicyclic) bond motifs is 1. The molecule has 0 bridgehead atoms. The Bertz CT molecular complexity index is 289. The number of hydrogen-bond donors (Lipinski definition) is 2. The van der Waals surface area contributed by atoms with E-state index in [0.717, 1.165) is 11.0 Å². The number of carboxylic acid groups (broad SMARTS) is 1. The third kappa shape index (κ3) is 2.30. The van der Waals surface area contributed by atoms with Gasteiger partial charge in [0.15, 0.2) is 0 Å². The summed E-state index contributed by atoms with van der Waals surface area (Å²) in [5, 5.41) is 16.0. The molecule has 68 valence electrons. The van der Waals surface area contributed by atoms with Crippen molar-refractivity contribution in [2.24, 2.45) is 0 Å². The molecule has 2 rings (SSSR count). The van der Waals surface area contributed by atoms with Gasteiger partial charge in [-0.15, -0.1) is 0 Å². The van der Waals surface area contributed by atoms with E-state index in [1.54, 1.807) is 0 Å². The molecule has 0 amide bonds. The summed E-state index contributed by atoms with van der Waals surface area (Å²) in [6.07, 6.45) is 0. The summed E-state index contributed by atoms with van der Waals surface area (Å²) in [6, 6.07) is 7.69. The normalized spacial score (nSPS) is 12.8. The van der Waals surface area contributed by atoms with E-state index < -0.39 is 7.12 Å². The van der Waals surface area contributed by atoms with E-state index in [0.29, 0.717) is 6.61 Å². The largest absolute Gasteiger partial charge is 0.491 e. The van der Waals surface area contributed by atoms with Gasteiger partial charge in [0.2, 0.25) is 0 Å². The van der Waals surface area contributed by atoms with Crippen LogP contribution in [0.1, 0.15) is 5.56 Å². The quantitative estimate of drug-likeness (QED) is 0.421. The Balaban J connectivity index is 0.000000251. The lowest BCUT2D eigenvalue weighted by Gasteiger charge is -1.93. The van der Waals surface area contributed by atoms with Gasteiger partial charge in [-0.1, -0.05) is 24.3 Å². The molecule has 2 N–H and O–H groups in total. The molecule has 0 saturated carbocycles. The molecular formula is C8H9BO4. The van der Waals surface area contributed by atoms with Crippen molar-refractivity contribution in [2.75, 3.05) is 0 Å². The topological polar surface area (TPSA) is 66.8 Å². The number of rotatable bonds is 0. The van der Waals surface area contributed by atoms with E-state index in [1.807, 2.05) is 24.3 Å². The van der Waals surface area contributed by atoms with Crippen LogP contribution in [-0.4, -0.2) is 23.7 Å². The van der Waals surface area contributed by atoms with Crippen molar-refractivity contribution in [3.05, 3.63) is 29.8 Å². The van der Waals surface area contributed by atoms with Gasteiger partial charge in [0.25, 0.3) is 6.47 Å². The molecule has 13 heavy (non-hydrogen) atoms. The third-order valence-corrected chi connectivity index (χ3v) is 1.72. The van der Waals surface area contributed by atoms with Gasteiger partial charge in [0.05, 0.1) is 6.61 Å². The number of carbonyl (C=O) groups is 1. The molecule has 4 nitrogen and oxygen atoms in total.